The minimum atomic E-state index is -0.896. The molecule has 0 aromatic heterocycles. The van der Waals surface area contributed by atoms with E-state index in [1.165, 1.54) is 24.3 Å². The molecular weight excluding hydrogens is 252 g/mol. The Bertz CT molecular complexity index is 444. The van der Waals surface area contributed by atoms with E-state index in [4.69, 9.17) is 10.2 Å². The maximum Gasteiger partial charge on any atom is 0.313 e. The predicted octanol–water partition coefficient (Wildman–Crippen LogP) is -0.856. The highest BCUT2D eigenvalue weighted by Crippen LogP contribution is 2.15. The van der Waals surface area contributed by atoms with Crippen molar-refractivity contribution in [3.05, 3.63) is 24.3 Å². The van der Waals surface area contributed by atoms with E-state index in [-0.39, 0.29) is 37.7 Å². The van der Waals surface area contributed by atoms with Crippen molar-refractivity contribution in [2.75, 3.05) is 31.6 Å². The number of phenols is 1. The molecule has 0 spiro atoms. The van der Waals surface area contributed by atoms with Crippen LogP contribution in [0.25, 0.3) is 0 Å². The number of carbonyl (C=O) groups is 2. The van der Waals surface area contributed by atoms with Crippen molar-refractivity contribution >= 4 is 17.5 Å². The molecule has 0 aliphatic heterocycles. The summed E-state index contributed by atoms with van der Waals surface area (Å²) in [5, 5.41) is 29.1. The van der Waals surface area contributed by atoms with Crippen LogP contribution >= 0.6 is 0 Å². The average Bonchev–Trinajstić information content (AvgIpc) is 2.37. The van der Waals surface area contributed by atoms with Crippen molar-refractivity contribution in [3.8, 4) is 5.75 Å². The second-order valence-corrected chi connectivity index (χ2v) is 3.74. The maximum absolute atomic E-state index is 11.7. The van der Waals surface area contributed by atoms with E-state index in [0.717, 1.165) is 4.90 Å². The third-order valence-corrected chi connectivity index (χ3v) is 2.33. The summed E-state index contributed by atoms with van der Waals surface area (Å²) in [5.74, 6) is -1.79. The molecule has 0 atom stereocenters. The highest BCUT2D eigenvalue weighted by molar-refractivity contribution is 6.39. The van der Waals surface area contributed by atoms with Gasteiger partial charge in [-0.05, 0) is 12.1 Å². The van der Waals surface area contributed by atoms with Crippen molar-refractivity contribution < 1.29 is 24.9 Å². The molecule has 0 radical (unpaired) electrons. The molecule has 1 aromatic carbocycles. The lowest BCUT2D eigenvalue weighted by Gasteiger charge is -2.19. The first-order valence-electron chi connectivity index (χ1n) is 5.69. The van der Waals surface area contributed by atoms with Gasteiger partial charge in [0.05, 0.1) is 13.2 Å². The van der Waals surface area contributed by atoms with Gasteiger partial charge in [-0.15, -0.1) is 0 Å². The van der Waals surface area contributed by atoms with Gasteiger partial charge in [0.15, 0.2) is 0 Å². The highest BCUT2D eigenvalue weighted by atomic mass is 16.3. The van der Waals surface area contributed by atoms with E-state index in [2.05, 4.69) is 5.32 Å². The van der Waals surface area contributed by atoms with Gasteiger partial charge in [-0.2, -0.15) is 0 Å². The number of aromatic hydroxyl groups is 1. The molecule has 0 aliphatic rings. The number of aliphatic hydroxyl groups is 2. The number of nitrogens with one attached hydrogen (secondary N) is 1. The standard InChI is InChI=1S/C12H16N2O5/c15-6-4-14(5-7-16)12(19)11(18)13-9-2-1-3-10(17)8-9/h1-3,8,15-17H,4-7H2,(H,13,18). The second-order valence-electron chi connectivity index (χ2n) is 3.74. The summed E-state index contributed by atoms with van der Waals surface area (Å²) in [6, 6.07) is 5.77. The second kappa shape index (κ2) is 7.34. The Labute approximate surface area is 110 Å². The van der Waals surface area contributed by atoms with Crippen LogP contribution in [-0.4, -0.2) is 58.3 Å². The van der Waals surface area contributed by atoms with Gasteiger partial charge >= 0.3 is 11.8 Å². The first kappa shape index (κ1) is 14.9. The zero-order valence-corrected chi connectivity index (χ0v) is 10.2. The first-order chi connectivity index (χ1) is 9.08. The van der Waals surface area contributed by atoms with Crippen LogP contribution in [0.5, 0.6) is 5.75 Å². The van der Waals surface area contributed by atoms with Crippen LogP contribution in [0.3, 0.4) is 0 Å². The summed E-state index contributed by atoms with van der Waals surface area (Å²) in [4.78, 5) is 24.4. The molecule has 0 saturated heterocycles. The van der Waals surface area contributed by atoms with Gasteiger partial charge in [-0.3, -0.25) is 9.59 Å². The van der Waals surface area contributed by atoms with Crippen molar-refractivity contribution in [2.45, 2.75) is 0 Å². The van der Waals surface area contributed by atoms with Gasteiger partial charge < -0.3 is 25.5 Å². The molecule has 0 bridgehead atoms. The van der Waals surface area contributed by atoms with Gasteiger partial charge in [-0.25, -0.2) is 0 Å². The maximum atomic E-state index is 11.7. The molecule has 1 rings (SSSR count). The Kier molecular flexibility index (Phi) is 5.77. The molecule has 2 amide bonds. The molecule has 0 aliphatic carbocycles. The fourth-order valence-corrected chi connectivity index (χ4v) is 1.47. The SMILES string of the molecule is O=C(Nc1cccc(O)c1)C(=O)N(CCO)CCO. The molecular formula is C12H16N2O5. The molecule has 0 heterocycles. The lowest BCUT2D eigenvalue weighted by molar-refractivity contribution is -0.143. The molecule has 4 N–H and O–H groups in total. The van der Waals surface area contributed by atoms with E-state index < -0.39 is 11.8 Å². The van der Waals surface area contributed by atoms with Crippen LogP contribution in [0, 0.1) is 0 Å². The topological polar surface area (TPSA) is 110 Å². The third-order valence-electron chi connectivity index (χ3n) is 2.33. The Hall–Kier alpha value is -2.12. The van der Waals surface area contributed by atoms with Gasteiger partial charge in [-0.1, -0.05) is 6.07 Å². The molecule has 0 fully saturated rings. The third kappa shape index (κ3) is 4.57. The quantitative estimate of drug-likeness (QED) is 0.520. The molecule has 104 valence electrons. The fourth-order valence-electron chi connectivity index (χ4n) is 1.47. The number of carbonyl (C=O) groups excluding carboxylic acids is 2. The van der Waals surface area contributed by atoms with Gasteiger partial charge in [0.25, 0.3) is 0 Å². The Morgan fingerprint density at radius 1 is 1.16 bits per heavy atom. The summed E-state index contributed by atoms with van der Waals surface area (Å²) < 4.78 is 0. The van der Waals surface area contributed by atoms with Crippen LogP contribution in [0.15, 0.2) is 24.3 Å². The number of rotatable bonds is 5. The summed E-state index contributed by atoms with van der Waals surface area (Å²) in [7, 11) is 0. The summed E-state index contributed by atoms with van der Waals surface area (Å²) in [6.45, 7) is -0.671. The van der Waals surface area contributed by atoms with Gasteiger partial charge in [0.2, 0.25) is 0 Å². The number of hydrogen-bond donors (Lipinski definition) is 4. The molecule has 7 nitrogen and oxygen atoms in total. The Morgan fingerprint density at radius 3 is 2.32 bits per heavy atom. The number of phenolic OH excluding ortho intramolecular Hbond substituents is 1. The van der Waals surface area contributed by atoms with E-state index in [9.17, 15) is 14.7 Å². The van der Waals surface area contributed by atoms with Crippen LogP contribution in [0.4, 0.5) is 5.69 Å². The highest BCUT2D eigenvalue weighted by Gasteiger charge is 2.21. The van der Waals surface area contributed by atoms with E-state index in [1.807, 2.05) is 0 Å². The number of nitrogens with zero attached hydrogens (tertiary/aromatic N) is 1. The minimum Gasteiger partial charge on any atom is -0.508 e. The van der Waals surface area contributed by atoms with Gasteiger partial charge in [0.1, 0.15) is 5.75 Å². The monoisotopic (exact) mass is 268 g/mol. The first-order valence-corrected chi connectivity index (χ1v) is 5.69. The van der Waals surface area contributed by atoms with E-state index >= 15 is 0 Å². The minimum absolute atomic E-state index is 0.0344. The van der Waals surface area contributed by atoms with E-state index in [1.54, 1.807) is 0 Å². The van der Waals surface area contributed by atoms with Crippen LogP contribution < -0.4 is 5.32 Å². The normalized spacial score (nSPS) is 10.0. The van der Waals surface area contributed by atoms with Crippen molar-refractivity contribution in [1.82, 2.24) is 4.90 Å². The lowest BCUT2D eigenvalue weighted by Crippen LogP contribution is -2.42. The zero-order valence-electron chi connectivity index (χ0n) is 10.2. The molecule has 1 aromatic rings. The summed E-state index contributed by atoms with van der Waals surface area (Å²) in [5.41, 5.74) is 0.284. The number of hydrogen-bond acceptors (Lipinski definition) is 5. The molecule has 7 heteroatoms. The van der Waals surface area contributed by atoms with Gasteiger partial charge in [0, 0.05) is 24.8 Å². The van der Waals surface area contributed by atoms with Crippen molar-refractivity contribution in [3.63, 3.8) is 0 Å². The Balaban J connectivity index is 2.68. The van der Waals surface area contributed by atoms with Crippen LogP contribution in [0.1, 0.15) is 0 Å². The largest absolute Gasteiger partial charge is 0.508 e. The molecule has 0 unspecified atom stereocenters. The molecule has 19 heavy (non-hydrogen) atoms. The van der Waals surface area contributed by atoms with Crippen molar-refractivity contribution in [1.29, 1.82) is 0 Å². The fraction of sp³-hybridized carbons (Fsp3) is 0.333. The Morgan fingerprint density at radius 2 is 1.79 bits per heavy atom. The number of aliphatic hydroxyl groups excluding tert-OH is 2. The van der Waals surface area contributed by atoms with Crippen molar-refractivity contribution in [2.24, 2.45) is 0 Å². The van der Waals surface area contributed by atoms with E-state index in [0.29, 0.717) is 0 Å². The number of benzene rings is 1. The molecule has 0 saturated carbocycles. The predicted molar refractivity (Wildman–Crippen MR) is 67.5 cm³/mol. The van der Waals surface area contributed by atoms with Crippen LogP contribution in [-0.2, 0) is 9.59 Å². The number of anilines is 1. The summed E-state index contributed by atoms with van der Waals surface area (Å²) in [6.07, 6.45) is 0. The van der Waals surface area contributed by atoms with Crippen LogP contribution in [0.2, 0.25) is 0 Å². The lowest BCUT2D eigenvalue weighted by atomic mass is 10.3. The zero-order chi connectivity index (χ0) is 14.3. The smallest absolute Gasteiger partial charge is 0.313 e. The average molecular weight is 268 g/mol. The number of amides is 2. The summed E-state index contributed by atoms with van der Waals surface area (Å²) >= 11 is 0.